The molecule has 146 valence electrons. The molecular formula is C21H19N5O3. The zero-order chi connectivity index (χ0) is 20.8. The summed E-state index contributed by atoms with van der Waals surface area (Å²) in [5.41, 5.74) is 1.48. The van der Waals surface area contributed by atoms with Crippen molar-refractivity contribution >= 4 is 17.2 Å². The van der Waals surface area contributed by atoms with Gasteiger partial charge in [-0.2, -0.15) is 5.26 Å². The Kier molecular flexibility index (Phi) is 4.32. The molecule has 1 aromatic carbocycles. The van der Waals surface area contributed by atoms with E-state index in [1.807, 2.05) is 6.92 Å². The third-order valence-electron chi connectivity index (χ3n) is 5.35. The first kappa shape index (κ1) is 18.7. The highest BCUT2D eigenvalue weighted by atomic mass is 16.5. The molecule has 2 atom stereocenters. The number of aryl methyl sites for hydroxylation is 1. The van der Waals surface area contributed by atoms with Crippen LogP contribution in [0.2, 0.25) is 0 Å². The lowest BCUT2D eigenvalue weighted by Gasteiger charge is -2.31. The number of aliphatic imine (C=N–C) groups is 1. The predicted molar refractivity (Wildman–Crippen MR) is 109 cm³/mol. The van der Waals surface area contributed by atoms with Crippen LogP contribution in [0.15, 0.2) is 46.5 Å². The number of dihydropyridines is 1. The highest BCUT2D eigenvalue weighted by molar-refractivity contribution is 5.78. The van der Waals surface area contributed by atoms with Gasteiger partial charge in [0.15, 0.2) is 11.6 Å². The average molecular weight is 389 g/mol. The number of aromatic amines is 1. The van der Waals surface area contributed by atoms with Gasteiger partial charge in [-0.3, -0.25) is 14.4 Å². The van der Waals surface area contributed by atoms with Crippen LogP contribution in [0, 0.1) is 25.2 Å². The number of nitriles is 1. The van der Waals surface area contributed by atoms with Gasteiger partial charge >= 0.3 is 0 Å². The van der Waals surface area contributed by atoms with Gasteiger partial charge in [-0.25, -0.2) is 4.98 Å². The number of H-pyrrole nitrogens is 1. The summed E-state index contributed by atoms with van der Waals surface area (Å²) in [4.78, 5) is 24.9. The Morgan fingerprint density at radius 1 is 1.38 bits per heavy atom. The maximum atomic E-state index is 13.3. The van der Waals surface area contributed by atoms with Crippen molar-refractivity contribution in [2.75, 3.05) is 7.11 Å². The molecule has 8 heteroatoms. The van der Waals surface area contributed by atoms with Crippen molar-refractivity contribution in [2.45, 2.75) is 25.5 Å². The number of aromatic nitrogens is 3. The van der Waals surface area contributed by atoms with Crippen LogP contribution < -0.4 is 5.56 Å². The lowest BCUT2D eigenvalue weighted by molar-refractivity contribution is 0.0170. The van der Waals surface area contributed by atoms with Crippen molar-refractivity contribution in [3.8, 4) is 17.5 Å². The first-order valence-electron chi connectivity index (χ1n) is 8.99. The molecule has 0 saturated heterocycles. The van der Waals surface area contributed by atoms with Crippen molar-refractivity contribution in [2.24, 2.45) is 4.99 Å². The number of fused-ring (bicyclic) bond motifs is 1. The molecule has 1 aliphatic rings. The molecule has 0 bridgehead atoms. The molecule has 2 unspecified atom stereocenters. The predicted octanol–water partition coefficient (Wildman–Crippen LogP) is 2.41. The highest BCUT2D eigenvalue weighted by Crippen LogP contribution is 2.35. The van der Waals surface area contributed by atoms with Gasteiger partial charge in [-0.15, -0.1) is 0 Å². The second-order valence-electron chi connectivity index (χ2n) is 6.93. The number of allylic oxidation sites excluding steroid dienone is 1. The van der Waals surface area contributed by atoms with E-state index in [9.17, 15) is 15.2 Å². The van der Waals surface area contributed by atoms with Gasteiger partial charge < -0.3 is 14.8 Å². The molecule has 29 heavy (non-hydrogen) atoms. The van der Waals surface area contributed by atoms with E-state index in [4.69, 9.17) is 4.74 Å². The van der Waals surface area contributed by atoms with Crippen LogP contribution in [-0.2, 0) is 10.3 Å². The zero-order valence-electron chi connectivity index (χ0n) is 16.2. The van der Waals surface area contributed by atoms with Crippen LogP contribution in [0.3, 0.4) is 0 Å². The molecule has 1 aliphatic heterocycles. The minimum Gasteiger partial charge on any atom is -0.508 e. The summed E-state index contributed by atoms with van der Waals surface area (Å²) < 4.78 is 7.10. The molecule has 2 N–H and O–H groups in total. The van der Waals surface area contributed by atoms with E-state index >= 15 is 0 Å². The van der Waals surface area contributed by atoms with E-state index in [1.165, 1.54) is 18.0 Å². The van der Waals surface area contributed by atoms with E-state index in [1.54, 1.807) is 43.5 Å². The van der Waals surface area contributed by atoms with Gasteiger partial charge in [0.25, 0.3) is 5.56 Å². The first-order chi connectivity index (χ1) is 13.9. The average Bonchev–Trinajstić information content (AvgIpc) is 3.18. The second kappa shape index (κ2) is 6.72. The summed E-state index contributed by atoms with van der Waals surface area (Å²) in [7, 11) is 1.49. The van der Waals surface area contributed by atoms with Crippen LogP contribution in [0.4, 0.5) is 0 Å². The van der Waals surface area contributed by atoms with E-state index in [0.717, 1.165) is 5.56 Å². The third kappa shape index (κ3) is 2.67. The molecule has 3 heterocycles. The first-order valence-corrected chi connectivity index (χ1v) is 8.99. The number of hydrogen-bond acceptors (Lipinski definition) is 6. The Labute approximate surface area is 166 Å². The van der Waals surface area contributed by atoms with Gasteiger partial charge in [0.1, 0.15) is 17.7 Å². The molecule has 0 saturated carbocycles. The number of phenols is 1. The Morgan fingerprint density at radius 3 is 2.90 bits per heavy atom. The minimum absolute atomic E-state index is 0.104. The number of aromatic hydroxyl groups is 1. The van der Waals surface area contributed by atoms with Gasteiger partial charge in [-0.05, 0) is 43.7 Å². The summed E-state index contributed by atoms with van der Waals surface area (Å²) >= 11 is 0. The zero-order valence-corrected chi connectivity index (χ0v) is 16.2. The summed E-state index contributed by atoms with van der Waals surface area (Å²) in [6, 6.07) is 6.33. The Balaban J connectivity index is 1.94. The number of hydrogen-bond donors (Lipinski definition) is 2. The molecule has 2 aromatic heterocycles. The van der Waals surface area contributed by atoms with Gasteiger partial charge in [0, 0.05) is 18.9 Å². The molecule has 0 fully saturated rings. The second-order valence-corrected chi connectivity index (χ2v) is 6.93. The van der Waals surface area contributed by atoms with Crippen molar-refractivity contribution < 1.29 is 9.84 Å². The minimum atomic E-state index is -1.14. The summed E-state index contributed by atoms with van der Waals surface area (Å²) in [6.07, 6.45) is 6.41. The van der Waals surface area contributed by atoms with Crippen LogP contribution >= 0.6 is 0 Å². The summed E-state index contributed by atoms with van der Waals surface area (Å²) in [5, 5.41) is 20.0. The number of nitrogens with one attached hydrogen (secondary N) is 1. The van der Waals surface area contributed by atoms with E-state index in [2.05, 4.69) is 21.0 Å². The molecule has 0 radical (unpaired) electrons. The van der Waals surface area contributed by atoms with Crippen LogP contribution in [0.1, 0.15) is 16.8 Å². The maximum Gasteiger partial charge on any atom is 0.267 e. The third-order valence-corrected chi connectivity index (χ3v) is 5.35. The van der Waals surface area contributed by atoms with Crippen molar-refractivity contribution in [3.63, 3.8) is 0 Å². The Morgan fingerprint density at radius 2 is 2.17 bits per heavy atom. The fourth-order valence-electron chi connectivity index (χ4n) is 3.75. The lowest BCUT2D eigenvalue weighted by atomic mass is 9.89. The molecule has 0 aliphatic carbocycles. The van der Waals surface area contributed by atoms with Crippen molar-refractivity contribution in [3.05, 3.63) is 63.9 Å². The Hall–Kier alpha value is -3.70. The molecule has 4 rings (SSSR count). The normalized spacial score (nSPS) is 20.8. The van der Waals surface area contributed by atoms with Gasteiger partial charge in [0.2, 0.25) is 0 Å². The quantitative estimate of drug-likeness (QED) is 0.713. The van der Waals surface area contributed by atoms with E-state index < -0.39 is 11.6 Å². The van der Waals surface area contributed by atoms with Gasteiger partial charge in [0.05, 0.1) is 22.8 Å². The topological polar surface area (TPSA) is 116 Å². The number of benzene rings is 1. The van der Waals surface area contributed by atoms with Crippen LogP contribution in [0.5, 0.6) is 5.75 Å². The largest absolute Gasteiger partial charge is 0.508 e. The number of methoxy groups -OCH3 is 1. The maximum absolute atomic E-state index is 13.3. The number of phenolic OH excluding ortho intramolecular Hbond substituents is 1. The molecule has 8 nitrogen and oxygen atoms in total. The fraction of sp³-hybridized carbons (Fsp3) is 0.238. The van der Waals surface area contributed by atoms with E-state index in [-0.39, 0.29) is 11.3 Å². The van der Waals surface area contributed by atoms with Crippen molar-refractivity contribution in [1.29, 1.82) is 5.26 Å². The highest BCUT2D eigenvalue weighted by Gasteiger charge is 2.41. The SMILES string of the molecule is COC1(c2cc3c(=O)n(-c4c(C)ccc(O)c4C)cnc3[nH]2)C=CC=NC1C#N. The van der Waals surface area contributed by atoms with E-state index in [0.29, 0.717) is 28.0 Å². The molecule has 3 aromatic rings. The summed E-state index contributed by atoms with van der Waals surface area (Å²) in [5.74, 6) is 0.104. The molecule has 0 amide bonds. The summed E-state index contributed by atoms with van der Waals surface area (Å²) in [6.45, 7) is 3.61. The lowest BCUT2D eigenvalue weighted by Crippen LogP contribution is -2.39. The fourth-order valence-corrected chi connectivity index (χ4v) is 3.75. The number of nitrogens with zero attached hydrogens (tertiary/aromatic N) is 4. The molecule has 0 spiro atoms. The number of ether oxygens (including phenoxy) is 1. The number of rotatable bonds is 3. The van der Waals surface area contributed by atoms with Gasteiger partial charge in [-0.1, -0.05) is 6.07 Å². The smallest absolute Gasteiger partial charge is 0.267 e. The standard InChI is InChI=1S/C21H19N5O3/c1-12-5-6-15(27)13(2)18(12)26-11-24-19-14(20(26)28)9-16(25-19)21(29-3)7-4-8-23-17(21)10-22/h4-9,11,17,25,27H,1-3H3. The van der Waals surface area contributed by atoms with Crippen molar-refractivity contribution in [1.82, 2.24) is 14.5 Å². The van der Waals surface area contributed by atoms with Crippen LogP contribution in [-0.4, -0.2) is 39.0 Å². The molecular weight excluding hydrogens is 370 g/mol. The monoisotopic (exact) mass is 389 g/mol. The Bertz CT molecular complexity index is 1280. The van der Waals surface area contributed by atoms with Crippen LogP contribution in [0.25, 0.3) is 16.7 Å².